The van der Waals surface area contributed by atoms with Crippen molar-refractivity contribution in [2.45, 2.75) is 40.3 Å². The minimum atomic E-state index is -0.190. The Morgan fingerprint density at radius 2 is 1.96 bits per heavy atom. The number of H-pyrrole nitrogens is 1. The molecule has 2 heterocycles. The number of hydrogen-bond donors (Lipinski definition) is 1. The molecular formula is C20H24N4O2. The highest BCUT2D eigenvalue weighted by Crippen LogP contribution is 2.21. The molecule has 0 fully saturated rings. The maximum atomic E-state index is 12.9. The van der Waals surface area contributed by atoms with E-state index in [1.807, 2.05) is 26.0 Å². The van der Waals surface area contributed by atoms with Crippen molar-refractivity contribution < 1.29 is 4.79 Å². The second-order valence-electron chi connectivity index (χ2n) is 6.94. The number of carbonyl (C=O) groups excluding carboxylic acids is 1. The minimum Gasteiger partial charge on any atom is -0.346 e. The molecular weight excluding hydrogens is 328 g/mol. The molecule has 0 saturated carbocycles. The number of nitrogens with one attached hydrogen (secondary N) is 1. The zero-order valence-corrected chi connectivity index (χ0v) is 15.8. The molecule has 0 aliphatic rings. The number of aromatic nitrogens is 3. The molecule has 0 bridgehead atoms. The van der Waals surface area contributed by atoms with Gasteiger partial charge in [-0.3, -0.25) is 9.59 Å². The van der Waals surface area contributed by atoms with Crippen LogP contribution < -0.4 is 5.56 Å². The highest BCUT2D eigenvalue weighted by Gasteiger charge is 2.20. The van der Waals surface area contributed by atoms with Gasteiger partial charge in [0.05, 0.1) is 23.0 Å². The maximum Gasteiger partial charge on any atom is 0.258 e. The number of rotatable bonds is 4. The second-order valence-corrected chi connectivity index (χ2v) is 6.94. The van der Waals surface area contributed by atoms with Gasteiger partial charge in [-0.15, -0.1) is 0 Å². The highest BCUT2D eigenvalue weighted by molar-refractivity contribution is 5.95. The Labute approximate surface area is 152 Å². The van der Waals surface area contributed by atoms with Gasteiger partial charge < -0.3 is 14.5 Å². The van der Waals surface area contributed by atoms with Gasteiger partial charge in [0.25, 0.3) is 11.5 Å². The molecule has 1 aromatic carbocycles. The molecule has 6 nitrogen and oxygen atoms in total. The van der Waals surface area contributed by atoms with Crippen LogP contribution in [0.5, 0.6) is 0 Å². The van der Waals surface area contributed by atoms with Crippen LogP contribution >= 0.6 is 0 Å². The lowest BCUT2D eigenvalue weighted by Crippen LogP contribution is -2.28. The summed E-state index contributed by atoms with van der Waals surface area (Å²) in [7, 11) is 1.72. The van der Waals surface area contributed by atoms with Crippen molar-refractivity contribution in [2.75, 3.05) is 7.05 Å². The van der Waals surface area contributed by atoms with Crippen molar-refractivity contribution in [2.24, 2.45) is 0 Å². The molecule has 2 aromatic heterocycles. The first-order valence-electron chi connectivity index (χ1n) is 8.71. The van der Waals surface area contributed by atoms with Crippen LogP contribution in [-0.4, -0.2) is 32.4 Å². The quantitative estimate of drug-likeness (QED) is 0.784. The predicted octanol–water partition coefficient (Wildman–Crippen LogP) is 3.19. The summed E-state index contributed by atoms with van der Waals surface area (Å²) in [5, 5.41) is 0.547. The van der Waals surface area contributed by atoms with Gasteiger partial charge in [-0.25, -0.2) is 4.98 Å². The number of aryl methyl sites for hydroxylation is 1. The Balaban J connectivity index is 1.89. The van der Waals surface area contributed by atoms with Crippen LogP contribution in [0.4, 0.5) is 0 Å². The number of nitrogens with zero attached hydrogens (tertiary/aromatic N) is 3. The largest absolute Gasteiger partial charge is 0.346 e. The standard InChI is InChI=1S/C20H24N4O2/c1-12(2)24-13(3)10-16(14(24)4)20(26)23(5)11-18-21-17-9-7-6-8-15(17)19(25)22-18/h6-10,12H,11H2,1-5H3,(H,21,22,25). The van der Waals surface area contributed by atoms with E-state index in [1.165, 1.54) is 0 Å². The van der Waals surface area contributed by atoms with Gasteiger partial charge in [0.2, 0.25) is 0 Å². The molecule has 0 atom stereocenters. The van der Waals surface area contributed by atoms with Gasteiger partial charge in [-0.2, -0.15) is 0 Å². The van der Waals surface area contributed by atoms with Gasteiger partial charge >= 0.3 is 0 Å². The fourth-order valence-corrected chi connectivity index (χ4v) is 3.50. The average molecular weight is 352 g/mol. The summed E-state index contributed by atoms with van der Waals surface area (Å²) in [5.74, 6) is 0.392. The zero-order valence-electron chi connectivity index (χ0n) is 15.8. The molecule has 3 aromatic rings. The molecule has 136 valence electrons. The van der Waals surface area contributed by atoms with Crippen LogP contribution in [0.15, 0.2) is 35.1 Å². The molecule has 3 rings (SSSR count). The monoisotopic (exact) mass is 352 g/mol. The Kier molecular flexibility index (Phi) is 4.68. The number of benzene rings is 1. The summed E-state index contributed by atoms with van der Waals surface area (Å²) in [5.41, 5.74) is 3.14. The van der Waals surface area contributed by atoms with Crippen molar-refractivity contribution in [1.82, 2.24) is 19.4 Å². The van der Waals surface area contributed by atoms with Crippen molar-refractivity contribution in [3.8, 4) is 0 Å². The van der Waals surface area contributed by atoms with Gasteiger partial charge in [0.15, 0.2) is 0 Å². The van der Waals surface area contributed by atoms with Crippen molar-refractivity contribution >= 4 is 16.8 Å². The first-order chi connectivity index (χ1) is 12.3. The molecule has 1 N–H and O–H groups in total. The summed E-state index contributed by atoms with van der Waals surface area (Å²) in [6.07, 6.45) is 0. The molecule has 0 unspecified atom stereocenters. The van der Waals surface area contributed by atoms with Crippen molar-refractivity contribution in [1.29, 1.82) is 0 Å². The lowest BCUT2D eigenvalue weighted by Gasteiger charge is -2.18. The third-order valence-corrected chi connectivity index (χ3v) is 4.63. The van der Waals surface area contributed by atoms with E-state index in [0.29, 0.717) is 28.3 Å². The fraction of sp³-hybridized carbons (Fsp3) is 0.350. The van der Waals surface area contributed by atoms with E-state index < -0.39 is 0 Å². The van der Waals surface area contributed by atoms with E-state index in [1.54, 1.807) is 30.1 Å². The smallest absolute Gasteiger partial charge is 0.258 e. The molecule has 0 spiro atoms. The summed E-state index contributed by atoms with van der Waals surface area (Å²) >= 11 is 0. The number of fused-ring (bicyclic) bond motifs is 1. The molecule has 0 aliphatic carbocycles. The van der Waals surface area contributed by atoms with Crippen molar-refractivity contribution in [3.63, 3.8) is 0 Å². The number of aromatic amines is 1. The fourth-order valence-electron chi connectivity index (χ4n) is 3.50. The SMILES string of the molecule is Cc1cc(C(=O)N(C)Cc2nc3ccccc3c(=O)[nH]2)c(C)n1C(C)C. The molecule has 1 amide bonds. The number of hydrogen-bond acceptors (Lipinski definition) is 3. The van der Waals surface area contributed by atoms with Crippen LogP contribution in [0.3, 0.4) is 0 Å². The van der Waals surface area contributed by atoms with E-state index in [2.05, 4.69) is 28.4 Å². The lowest BCUT2D eigenvalue weighted by atomic mass is 10.2. The van der Waals surface area contributed by atoms with Crippen LogP contribution in [0.1, 0.15) is 47.5 Å². The van der Waals surface area contributed by atoms with E-state index >= 15 is 0 Å². The minimum absolute atomic E-state index is 0.0826. The maximum absolute atomic E-state index is 12.9. The van der Waals surface area contributed by atoms with Crippen molar-refractivity contribution in [3.05, 3.63) is 63.5 Å². The Morgan fingerprint density at radius 3 is 2.62 bits per heavy atom. The molecule has 0 saturated heterocycles. The first-order valence-corrected chi connectivity index (χ1v) is 8.71. The van der Waals surface area contributed by atoms with Gasteiger partial charge in [-0.1, -0.05) is 12.1 Å². The Bertz CT molecular complexity index is 1030. The molecule has 0 radical (unpaired) electrons. The summed E-state index contributed by atoms with van der Waals surface area (Å²) in [6.45, 7) is 8.41. The lowest BCUT2D eigenvalue weighted by molar-refractivity contribution is 0.0780. The Morgan fingerprint density at radius 1 is 1.27 bits per heavy atom. The second kappa shape index (κ2) is 6.78. The van der Waals surface area contributed by atoms with Gasteiger partial charge in [0.1, 0.15) is 5.82 Å². The summed E-state index contributed by atoms with van der Waals surface area (Å²) < 4.78 is 2.15. The van der Waals surface area contributed by atoms with Crippen LogP contribution in [0, 0.1) is 13.8 Å². The topological polar surface area (TPSA) is 71.0 Å². The molecule has 26 heavy (non-hydrogen) atoms. The normalized spacial score (nSPS) is 11.3. The number of para-hydroxylation sites is 1. The van der Waals surface area contributed by atoms with Crippen LogP contribution in [0.2, 0.25) is 0 Å². The first kappa shape index (κ1) is 17.9. The van der Waals surface area contributed by atoms with E-state index in [4.69, 9.17) is 0 Å². The molecule has 6 heteroatoms. The van der Waals surface area contributed by atoms with E-state index in [0.717, 1.165) is 11.4 Å². The third-order valence-electron chi connectivity index (χ3n) is 4.63. The van der Waals surface area contributed by atoms with Crippen LogP contribution in [-0.2, 0) is 6.54 Å². The average Bonchev–Trinajstić information content (AvgIpc) is 2.88. The van der Waals surface area contributed by atoms with E-state index in [9.17, 15) is 9.59 Å². The number of carbonyl (C=O) groups is 1. The Hall–Kier alpha value is -2.89. The summed E-state index contributed by atoms with van der Waals surface area (Å²) in [6, 6.07) is 9.39. The predicted molar refractivity (Wildman–Crippen MR) is 102 cm³/mol. The summed E-state index contributed by atoms with van der Waals surface area (Å²) in [4.78, 5) is 33.9. The van der Waals surface area contributed by atoms with Crippen LogP contribution in [0.25, 0.3) is 10.9 Å². The van der Waals surface area contributed by atoms with Gasteiger partial charge in [-0.05, 0) is 45.9 Å². The third kappa shape index (κ3) is 3.14. The van der Waals surface area contributed by atoms with E-state index in [-0.39, 0.29) is 18.0 Å². The highest BCUT2D eigenvalue weighted by atomic mass is 16.2. The molecule has 0 aliphatic heterocycles. The number of amides is 1. The zero-order chi connectivity index (χ0) is 19.0. The van der Waals surface area contributed by atoms with Gasteiger partial charge in [0, 0.05) is 24.5 Å².